The van der Waals surface area contributed by atoms with Crippen molar-refractivity contribution in [3.05, 3.63) is 83.6 Å². The van der Waals surface area contributed by atoms with E-state index in [0.717, 1.165) is 11.1 Å². The standard InChI is InChI=1S/C25H21FN6O2/c1-15(13-33)32-14-28-24-20(25(32)34)9-22(30-23(24)18-11-29-31(2)12-18)17-5-8-21(27-10-17)16-3-6-19(26)7-4-16/h3-12,14-15,33H,13H2,1-2H3/t15-/m0/s1. The summed E-state index contributed by atoms with van der Waals surface area (Å²) in [6.07, 6.45) is 6.59. The van der Waals surface area contributed by atoms with Crippen molar-refractivity contribution in [2.45, 2.75) is 13.0 Å². The van der Waals surface area contributed by atoms with E-state index in [4.69, 9.17) is 4.98 Å². The van der Waals surface area contributed by atoms with E-state index in [2.05, 4.69) is 15.1 Å². The van der Waals surface area contributed by atoms with Crippen molar-refractivity contribution in [2.75, 3.05) is 6.61 Å². The number of aromatic nitrogens is 6. The Hall–Kier alpha value is -4.24. The van der Waals surface area contributed by atoms with Gasteiger partial charge < -0.3 is 5.11 Å². The fraction of sp³-hybridized carbons (Fsp3) is 0.160. The summed E-state index contributed by atoms with van der Waals surface area (Å²) < 4.78 is 16.3. The molecule has 0 aliphatic heterocycles. The average Bonchev–Trinajstić information content (AvgIpc) is 3.30. The highest BCUT2D eigenvalue weighted by Gasteiger charge is 2.17. The molecule has 0 aliphatic carbocycles. The van der Waals surface area contributed by atoms with E-state index in [0.29, 0.717) is 33.5 Å². The third-order valence-electron chi connectivity index (χ3n) is 5.69. The van der Waals surface area contributed by atoms with Crippen LogP contribution in [0.2, 0.25) is 0 Å². The number of aliphatic hydroxyl groups is 1. The van der Waals surface area contributed by atoms with Gasteiger partial charge in [-0.15, -0.1) is 0 Å². The van der Waals surface area contributed by atoms with Gasteiger partial charge >= 0.3 is 0 Å². The van der Waals surface area contributed by atoms with E-state index in [-0.39, 0.29) is 18.0 Å². The average molecular weight is 456 g/mol. The largest absolute Gasteiger partial charge is 0.394 e. The second-order valence-electron chi connectivity index (χ2n) is 8.08. The zero-order valence-corrected chi connectivity index (χ0v) is 18.6. The smallest absolute Gasteiger partial charge is 0.261 e. The maximum absolute atomic E-state index is 13.3. The first-order valence-corrected chi connectivity index (χ1v) is 10.7. The van der Waals surface area contributed by atoms with E-state index >= 15 is 0 Å². The fourth-order valence-electron chi connectivity index (χ4n) is 3.77. The first-order valence-electron chi connectivity index (χ1n) is 10.7. The zero-order valence-electron chi connectivity index (χ0n) is 18.6. The molecule has 4 heterocycles. The predicted octanol–water partition coefficient (Wildman–Crippen LogP) is 3.61. The molecule has 0 fully saturated rings. The zero-order chi connectivity index (χ0) is 23.8. The molecule has 0 amide bonds. The van der Waals surface area contributed by atoms with Gasteiger partial charge in [0.05, 0.1) is 41.9 Å². The number of aliphatic hydroxyl groups excluding tert-OH is 1. The first-order chi connectivity index (χ1) is 16.4. The van der Waals surface area contributed by atoms with Crippen LogP contribution in [0.3, 0.4) is 0 Å². The number of hydrogen-bond donors (Lipinski definition) is 1. The second kappa shape index (κ2) is 8.60. The molecule has 4 aromatic heterocycles. The van der Waals surface area contributed by atoms with Crippen LogP contribution < -0.4 is 5.56 Å². The lowest BCUT2D eigenvalue weighted by molar-refractivity contribution is 0.236. The molecule has 170 valence electrons. The number of aryl methyl sites for hydroxylation is 1. The van der Waals surface area contributed by atoms with Crippen molar-refractivity contribution in [1.82, 2.24) is 29.3 Å². The summed E-state index contributed by atoms with van der Waals surface area (Å²) in [6.45, 7) is 1.56. The number of hydrogen-bond acceptors (Lipinski definition) is 6. The molecular formula is C25H21FN6O2. The number of halogens is 1. The third kappa shape index (κ3) is 3.86. The summed E-state index contributed by atoms with van der Waals surface area (Å²) in [5.41, 5.74) is 4.20. The summed E-state index contributed by atoms with van der Waals surface area (Å²) in [5, 5.41) is 14.2. The van der Waals surface area contributed by atoms with Gasteiger partial charge in [-0.3, -0.25) is 19.0 Å². The van der Waals surface area contributed by atoms with E-state index in [1.54, 1.807) is 49.2 Å². The molecule has 0 bridgehead atoms. The highest BCUT2D eigenvalue weighted by atomic mass is 19.1. The van der Waals surface area contributed by atoms with Crippen molar-refractivity contribution < 1.29 is 9.50 Å². The van der Waals surface area contributed by atoms with Crippen molar-refractivity contribution in [3.63, 3.8) is 0 Å². The van der Waals surface area contributed by atoms with Gasteiger partial charge in [0.25, 0.3) is 5.56 Å². The van der Waals surface area contributed by atoms with E-state index < -0.39 is 6.04 Å². The number of nitrogens with zero attached hydrogens (tertiary/aromatic N) is 6. The van der Waals surface area contributed by atoms with Gasteiger partial charge in [0.15, 0.2) is 0 Å². The molecule has 0 radical (unpaired) electrons. The monoisotopic (exact) mass is 456 g/mol. The molecule has 0 aliphatic rings. The van der Waals surface area contributed by atoms with Crippen LogP contribution in [0.5, 0.6) is 0 Å². The molecule has 8 nitrogen and oxygen atoms in total. The molecule has 1 aromatic carbocycles. The molecule has 0 saturated carbocycles. The molecule has 1 atom stereocenters. The summed E-state index contributed by atoms with van der Waals surface area (Å²) in [5.74, 6) is -0.307. The SMILES string of the molecule is C[C@@H](CO)n1cnc2c(-c3cnn(C)c3)nc(-c3ccc(-c4ccc(F)cc4)nc3)cc2c1=O. The van der Waals surface area contributed by atoms with Gasteiger partial charge in [-0.1, -0.05) is 0 Å². The highest BCUT2D eigenvalue weighted by molar-refractivity contribution is 5.93. The molecule has 0 spiro atoms. The number of benzene rings is 1. The quantitative estimate of drug-likeness (QED) is 0.434. The lowest BCUT2D eigenvalue weighted by Crippen LogP contribution is -2.25. The van der Waals surface area contributed by atoms with Crippen LogP contribution in [-0.4, -0.2) is 41.0 Å². The Kier molecular flexibility index (Phi) is 5.46. The van der Waals surface area contributed by atoms with Crippen LogP contribution in [0.1, 0.15) is 13.0 Å². The van der Waals surface area contributed by atoms with Crippen LogP contribution in [0, 0.1) is 5.82 Å². The second-order valence-corrected chi connectivity index (χ2v) is 8.08. The Labute approximate surface area is 194 Å². The predicted molar refractivity (Wildman–Crippen MR) is 126 cm³/mol. The van der Waals surface area contributed by atoms with E-state index in [9.17, 15) is 14.3 Å². The van der Waals surface area contributed by atoms with E-state index in [1.165, 1.54) is 23.0 Å². The molecule has 5 rings (SSSR count). The summed E-state index contributed by atoms with van der Waals surface area (Å²) in [4.78, 5) is 27.1. The maximum atomic E-state index is 13.3. The van der Waals surface area contributed by atoms with Crippen molar-refractivity contribution in [2.24, 2.45) is 7.05 Å². The highest BCUT2D eigenvalue weighted by Crippen LogP contribution is 2.29. The fourth-order valence-corrected chi connectivity index (χ4v) is 3.77. The molecular weight excluding hydrogens is 435 g/mol. The van der Waals surface area contributed by atoms with Gasteiger partial charge in [-0.2, -0.15) is 5.10 Å². The first kappa shape index (κ1) is 21.6. The molecule has 34 heavy (non-hydrogen) atoms. The number of rotatable bonds is 5. The van der Waals surface area contributed by atoms with Crippen LogP contribution in [0.15, 0.2) is 72.2 Å². The maximum Gasteiger partial charge on any atom is 0.261 e. The number of fused-ring (bicyclic) bond motifs is 1. The van der Waals surface area contributed by atoms with Gasteiger partial charge in [-0.25, -0.2) is 14.4 Å². The lowest BCUT2D eigenvalue weighted by Gasteiger charge is -2.14. The minimum atomic E-state index is -0.417. The van der Waals surface area contributed by atoms with Crippen LogP contribution >= 0.6 is 0 Å². The van der Waals surface area contributed by atoms with Gasteiger partial charge in [0.1, 0.15) is 17.0 Å². The van der Waals surface area contributed by atoms with Crippen molar-refractivity contribution in [1.29, 1.82) is 0 Å². The van der Waals surface area contributed by atoms with E-state index in [1.807, 2.05) is 18.3 Å². The minimum Gasteiger partial charge on any atom is -0.394 e. The Balaban J connectivity index is 1.68. The Morgan fingerprint density at radius 3 is 2.41 bits per heavy atom. The Morgan fingerprint density at radius 2 is 1.76 bits per heavy atom. The normalized spacial score (nSPS) is 12.2. The molecule has 1 N–H and O–H groups in total. The van der Waals surface area contributed by atoms with Crippen molar-refractivity contribution in [3.8, 4) is 33.8 Å². The summed E-state index contributed by atoms with van der Waals surface area (Å²) in [7, 11) is 1.80. The van der Waals surface area contributed by atoms with Gasteiger partial charge in [0.2, 0.25) is 0 Å². The van der Waals surface area contributed by atoms with Crippen molar-refractivity contribution >= 4 is 10.9 Å². The number of pyridine rings is 2. The van der Waals surface area contributed by atoms with Gasteiger partial charge in [-0.05, 0) is 49.4 Å². The topological polar surface area (TPSA) is 98.7 Å². The summed E-state index contributed by atoms with van der Waals surface area (Å²) >= 11 is 0. The van der Waals surface area contributed by atoms with Gasteiger partial charge in [0, 0.05) is 36.1 Å². The Morgan fingerprint density at radius 1 is 1.00 bits per heavy atom. The summed E-state index contributed by atoms with van der Waals surface area (Å²) in [6, 6.07) is 11.1. The third-order valence-corrected chi connectivity index (χ3v) is 5.69. The van der Waals surface area contributed by atoms with Crippen LogP contribution in [-0.2, 0) is 7.05 Å². The molecule has 0 saturated heterocycles. The lowest BCUT2D eigenvalue weighted by atomic mass is 10.1. The Bertz CT molecular complexity index is 1540. The van der Waals surface area contributed by atoms with Crippen LogP contribution in [0.25, 0.3) is 44.7 Å². The molecule has 9 heteroatoms. The molecule has 0 unspecified atom stereocenters. The van der Waals surface area contributed by atoms with Crippen LogP contribution in [0.4, 0.5) is 4.39 Å². The molecule has 5 aromatic rings. The minimum absolute atomic E-state index is 0.185.